The minimum Gasteiger partial charge on any atom is -0.481 e. The molecule has 0 amide bonds. The van der Waals surface area contributed by atoms with Gasteiger partial charge in [0.15, 0.2) is 5.66 Å². The van der Waals surface area contributed by atoms with Crippen LogP contribution in [-0.4, -0.2) is 31.5 Å². The van der Waals surface area contributed by atoms with Gasteiger partial charge in [-0.1, -0.05) is 6.07 Å². The Kier molecular flexibility index (Phi) is 3.57. The molecular formula is C8H10NO5P. The third-order valence-electron chi connectivity index (χ3n) is 1.84. The number of aromatic nitrogens is 1. The molecule has 0 aliphatic heterocycles. The van der Waals surface area contributed by atoms with Crippen molar-refractivity contribution in [3.63, 3.8) is 0 Å². The molecule has 0 saturated heterocycles. The Labute approximate surface area is 85.8 Å². The Morgan fingerprint density at radius 1 is 1.53 bits per heavy atom. The van der Waals surface area contributed by atoms with Gasteiger partial charge in [0.25, 0.3) is 0 Å². The molecule has 0 aromatic carbocycles. The minimum atomic E-state index is -4.62. The molecule has 0 saturated carbocycles. The van der Waals surface area contributed by atoms with Gasteiger partial charge in [0, 0.05) is 12.4 Å². The van der Waals surface area contributed by atoms with E-state index in [0.717, 1.165) is 0 Å². The SMILES string of the molecule is O=C(O)[C@@H](Cc1cccnc1)P(=O)(O)O. The fourth-order valence-corrected chi connectivity index (χ4v) is 1.83. The molecular weight excluding hydrogens is 221 g/mol. The first-order valence-electron chi connectivity index (χ1n) is 4.08. The summed E-state index contributed by atoms with van der Waals surface area (Å²) in [5.74, 6) is -1.51. The first-order chi connectivity index (χ1) is 6.91. The highest BCUT2D eigenvalue weighted by Crippen LogP contribution is 2.42. The van der Waals surface area contributed by atoms with E-state index in [0.29, 0.717) is 5.56 Å². The van der Waals surface area contributed by atoms with E-state index in [9.17, 15) is 9.36 Å². The summed E-state index contributed by atoms with van der Waals surface area (Å²) < 4.78 is 10.9. The lowest BCUT2D eigenvalue weighted by atomic mass is 10.1. The topological polar surface area (TPSA) is 108 Å². The van der Waals surface area contributed by atoms with Gasteiger partial charge in [-0.15, -0.1) is 0 Å². The monoisotopic (exact) mass is 231 g/mol. The fourth-order valence-electron chi connectivity index (χ4n) is 1.09. The zero-order chi connectivity index (χ0) is 11.5. The van der Waals surface area contributed by atoms with Gasteiger partial charge in [0.05, 0.1) is 0 Å². The molecule has 6 nitrogen and oxygen atoms in total. The molecule has 0 fully saturated rings. The van der Waals surface area contributed by atoms with Crippen molar-refractivity contribution in [2.75, 3.05) is 0 Å². The average molecular weight is 231 g/mol. The number of hydrogen-bond donors (Lipinski definition) is 3. The zero-order valence-corrected chi connectivity index (χ0v) is 8.54. The van der Waals surface area contributed by atoms with Gasteiger partial charge in [-0.2, -0.15) is 0 Å². The van der Waals surface area contributed by atoms with E-state index < -0.39 is 19.2 Å². The molecule has 1 rings (SSSR count). The lowest BCUT2D eigenvalue weighted by molar-refractivity contribution is -0.136. The van der Waals surface area contributed by atoms with Gasteiger partial charge in [-0.3, -0.25) is 14.3 Å². The second kappa shape index (κ2) is 4.53. The first-order valence-corrected chi connectivity index (χ1v) is 5.76. The van der Waals surface area contributed by atoms with Crippen molar-refractivity contribution in [1.29, 1.82) is 0 Å². The van der Waals surface area contributed by atoms with Gasteiger partial charge in [-0.05, 0) is 18.1 Å². The second-order valence-corrected chi connectivity index (χ2v) is 4.81. The number of hydrogen-bond acceptors (Lipinski definition) is 3. The third-order valence-corrected chi connectivity index (χ3v) is 3.06. The molecule has 0 aliphatic rings. The molecule has 3 N–H and O–H groups in total. The van der Waals surface area contributed by atoms with Crippen LogP contribution >= 0.6 is 7.60 Å². The molecule has 0 radical (unpaired) electrons. The molecule has 0 bridgehead atoms. The van der Waals surface area contributed by atoms with Gasteiger partial charge in [-0.25, -0.2) is 0 Å². The maximum Gasteiger partial charge on any atom is 0.340 e. The molecule has 0 unspecified atom stereocenters. The van der Waals surface area contributed by atoms with Gasteiger partial charge >= 0.3 is 13.6 Å². The van der Waals surface area contributed by atoms with E-state index in [-0.39, 0.29) is 6.42 Å². The largest absolute Gasteiger partial charge is 0.481 e. The van der Waals surface area contributed by atoms with Crippen LogP contribution in [0.5, 0.6) is 0 Å². The van der Waals surface area contributed by atoms with Crippen LogP contribution in [-0.2, 0) is 15.8 Å². The Balaban J connectivity index is 2.86. The van der Waals surface area contributed by atoms with E-state index in [1.807, 2.05) is 0 Å². The third kappa shape index (κ3) is 3.43. The first kappa shape index (κ1) is 11.8. The summed E-state index contributed by atoms with van der Waals surface area (Å²) in [6, 6.07) is 3.15. The summed E-state index contributed by atoms with van der Waals surface area (Å²) >= 11 is 0. The van der Waals surface area contributed by atoms with Crippen molar-refractivity contribution in [2.45, 2.75) is 12.1 Å². The summed E-state index contributed by atoms with van der Waals surface area (Å²) in [5, 5.41) is 8.66. The Bertz CT molecular complexity index is 387. The summed E-state index contributed by atoms with van der Waals surface area (Å²) in [6.07, 6.45) is 2.65. The predicted molar refractivity (Wildman–Crippen MR) is 51.4 cm³/mol. The highest BCUT2D eigenvalue weighted by Gasteiger charge is 2.35. The second-order valence-electron chi connectivity index (χ2n) is 3.01. The van der Waals surface area contributed by atoms with Crippen molar-refractivity contribution >= 4 is 13.6 Å². The van der Waals surface area contributed by atoms with Crippen LogP contribution in [0.25, 0.3) is 0 Å². The molecule has 1 heterocycles. The normalized spacial score (nSPS) is 13.5. The number of pyridine rings is 1. The molecule has 1 aromatic rings. The number of rotatable bonds is 4. The Morgan fingerprint density at radius 2 is 2.20 bits per heavy atom. The molecule has 7 heteroatoms. The van der Waals surface area contributed by atoms with E-state index in [2.05, 4.69) is 4.98 Å². The molecule has 15 heavy (non-hydrogen) atoms. The van der Waals surface area contributed by atoms with E-state index in [1.165, 1.54) is 12.4 Å². The molecule has 0 aliphatic carbocycles. The lowest BCUT2D eigenvalue weighted by Crippen LogP contribution is -2.23. The highest BCUT2D eigenvalue weighted by molar-refractivity contribution is 7.53. The van der Waals surface area contributed by atoms with Crippen molar-refractivity contribution in [1.82, 2.24) is 4.98 Å². The summed E-state index contributed by atoms with van der Waals surface area (Å²) in [4.78, 5) is 32.0. The van der Waals surface area contributed by atoms with Crippen LogP contribution in [0.15, 0.2) is 24.5 Å². The molecule has 0 spiro atoms. The van der Waals surface area contributed by atoms with Gasteiger partial charge < -0.3 is 14.9 Å². The minimum absolute atomic E-state index is 0.229. The van der Waals surface area contributed by atoms with E-state index in [4.69, 9.17) is 14.9 Å². The summed E-state index contributed by atoms with van der Waals surface area (Å²) in [7, 11) is -4.62. The molecule has 82 valence electrons. The number of carboxylic acids is 1. The maximum absolute atomic E-state index is 10.9. The standard InChI is InChI=1S/C8H10NO5P/c10-8(11)7(15(12,13)14)4-6-2-1-3-9-5-6/h1-3,5,7H,4H2,(H,10,11)(H2,12,13,14)/t7-/m1/s1. The highest BCUT2D eigenvalue weighted by atomic mass is 31.2. The van der Waals surface area contributed by atoms with Crippen molar-refractivity contribution < 1.29 is 24.3 Å². The Hall–Kier alpha value is -1.23. The van der Waals surface area contributed by atoms with Crippen molar-refractivity contribution in [3.05, 3.63) is 30.1 Å². The lowest BCUT2D eigenvalue weighted by Gasteiger charge is -2.13. The zero-order valence-electron chi connectivity index (χ0n) is 7.65. The maximum atomic E-state index is 10.9. The predicted octanol–water partition coefficient (Wildman–Crippen LogP) is 0.255. The summed E-state index contributed by atoms with van der Waals surface area (Å²) in [5.41, 5.74) is -1.23. The van der Waals surface area contributed by atoms with E-state index in [1.54, 1.807) is 12.1 Å². The molecule has 1 aromatic heterocycles. The number of nitrogens with zero attached hydrogens (tertiary/aromatic N) is 1. The van der Waals surface area contributed by atoms with Gasteiger partial charge in [0.1, 0.15) is 0 Å². The fraction of sp³-hybridized carbons (Fsp3) is 0.250. The van der Waals surface area contributed by atoms with E-state index >= 15 is 0 Å². The number of carbonyl (C=O) groups is 1. The average Bonchev–Trinajstić information content (AvgIpc) is 2.13. The van der Waals surface area contributed by atoms with Crippen molar-refractivity contribution in [2.24, 2.45) is 0 Å². The van der Waals surface area contributed by atoms with Gasteiger partial charge in [0.2, 0.25) is 0 Å². The number of aliphatic carboxylic acids is 1. The van der Waals surface area contributed by atoms with Crippen LogP contribution in [0.4, 0.5) is 0 Å². The van der Waals surface area contributed by atoms with Crippen LogP contribution in [0, 0.1) is 0 Å². The van der Waals surface area contributed by atoms with Crippen LogP contribution < -0.4 is 0 Å². The van der Waals surface area contributed by atoms with Crippen LogP contribution in [0.1, 0.15) is 5.56 Å². The smallest absolute Gasteiger partial charge is 0.340 e. The Morgan fingerprint density at radius 3 is 2.60 bits per heavy atom. The van der Waals surface area contributed by atoms with Crippen LogP contribution in [0.3, 0.4) is 0 Å². The quantitative estimate of drug-likeness (QED) is 0.641. The van der Waals surface area contributed by atoms with Crippen LogP contribution in [0.2, 0.25) is 0 Å². The number of carboxylic acid groups (broad SMARTS) is 1. The molecule has 1 atom stereocenters. The summed E-state index contributed by atoms with van der Waals surface area (Å²) in [6.45, 7) is 0. The van der Waals surface area contributed by atoms with Crippen molar-refractivity contribution in [3.8, 4) is 0 Å².